The molecule has 0 saturated heterocycles. The molecule has 5 nitrogen and oxygen atoms in total. The average Bonchev–Trinajstić information content (AvgIpc) is 4.03. The molecule has 0 aliphatic carbocycles. The fourth-order valence-corrected chi connectivity index (χ4v) is 8.98. The van der Waals surface area contributed by atoms with Crippen LogP contribution < -0.4 is 0 Å². The van der Waals surface area contributed by atoms with E-state index in [1.54, 1.807) is 11.3 Å². The van der Waals surface area contributed by atoms with E-state index in [2.05, 4.69) is 75.6 Å². The summed E-state index contributed by atoms with van der Waals surface area (Å²) in [5.74, 6) is -0.302. The maximum Gasteiger partial charge on any atom is 0.164 e. The van der Waals surface area contributed by atoms with Crippen LogP contribution >= 0.6 is 11.3 Å². The van der Waals surface area contributed by atoms with Gasteiger partial charge in [0.2, 0.25) is 0 Å². The molecule has 0 saturated carbocycles. The molecule has 8 aromatic carbocycles. The van der Waals surface area contributed by atoms with Crippen molar-refractivity contribution < 1.29 is 21.2 Å². The van der Waals surface area contributed by atoms with E-state index in [-0.39, 0.29) is 34.6 Å². The minimum Gasteiger partial charge on any atom is -0.456 e. The summed E-state index contributed by atoms with van der Waals surface area (Å²) in [7, 11) is 0. The lowest BCUT2D eigenvalue weighted by atomic mass is 9.93. The Morgan fingerprint density at radius 3 is 1.84 bits per heavy atom. The fraction of sp³-hybridized carbons (Fsp3) is 0. The minimum absolute atomic E-state index is 0.0356. The van der Waals surface area contributed by atoms with E-state index in [0.29, 0.717) is 5.56 Å². The van der Waals surface area contributed by atoms with Gasteiger partial charge in [-0.1, -0.05) is 139 Å². The van der Waals surface area contributed by atoms with Gasteiger partial charge >= 0.3 is 0 Å². The van der Waals surface area contributed by atoms with E-state index in [0.717, 1.165) is 86.3 Å². The smallest absolute Gasteiger partial charge is 0.164 e. The van der Waals surface area contributed by atoms with Gasteiger partial charge in [0.15, 0.2) is 17.5 Å². The number of fused-ring (bicyclic) bond motifs is 9. The Bertz CT molecular complexity index is 4060. The van der Waals surface area contributed by atoms with Gasteiger partial charge in [-0.25, -0.2) is 15.0 Å². The number of rotatable bonds is 5. The number of nitrogens with zero attached hydrogens (tertiary/aromatic N) is 3. The van der Waals surface area contributed by atoms with Crippen LogP contribution in [0.4, 0.5) is 0 Å². The van der Waals surface area contributed by atoms with Crippen LogP contribution in [0.1, 0.15) is 12.3 Å². The molecule has 12 aromatic rings. The Kier molecular flexibility index (Phi) is 5.33. The normalized spacial score (nSPS) is 14.1. The van der Waals surface area contributed by atoms with Crippen molar-refractivity contribution in [1.29, 1.82) is 0 Å². The highest BCUT2D eigenvalue weighted by atomic mass is 32.1. The molecule has 0 amide bonds. The van der Waals surface area contributed by atoms with Crippen LogP contribution in [0.25, 0.3) is 120 Å². The lowest BCUT2D eigenvalue weighted by Gasteiger charge is -2.10. The van der Waals surface area contributed by atoms with Crippen molar-refractivity contribution in [3.63, 3.8) is 0 Å². The predicted octanol–water partition coefficient (Wildman–Crippen LogP) is 14.4. The zero-order valence-electron chi connectivity index (χ0n) is 38.6. The van der Waals surface area contributed by atoms with Gasteiger partial charge < -0.3 is 8.83 Å². The Morgan fingerprint density at radius 2 is 1.04 bits per heavy atom. The second kappa shape index (κ2) is 12.6. The van der Waals surface area contributed by atoms with Crippen LogP contribution in [0.3, 0.4) is 0 Å². The van der Waals surface area contributed by atoms with Crippen molar-refractivity contribution in [1.82, 2.24) is 15.0 Å². The highest BCUT2D eigenvalue weighted by Gasteiger charge is 2.20. The van der Waals surface area contributed by atoms with Crippen molar-refractivity contribution in [2.75, 3.05) is 0 Å². The van der Waals surface area contributed by atoms with Crippen molar-refractivity contribution in [3.8, 4) is 56.4 Å². The van der Waals surface area contributed by atoms with E-state index < -0.39 is 48.3 Å². The Labute approximate surface area is 342 Å². The Balaban J connectivity index is 1.03. The summed E-state index contributed by atoms with van der Waals surface area (Å²) in [6, 6.07) is 35.5. The SMILES string of the molecule is [2H]c1cc(-c2nc(-c3ccc4c(c3)sc3cc(-c5cc(-c6cccc7c6oc6ccccc67)cc6oc7ccccc7c56)ccc34)nc(-c3c([2H])c([2H])c([2H])c([2H])c3[2H])n2)c([2H])c([2H])c1[2H]. The summed E-state index contributed by atoms with van der Waals surface area (Å²) in [6.07, 6.45) is 0. The third-order valence-corrected chi connectivity index (χ3v) is 11.5. The molecule has 6 heteroatoms. The highest BCUT2D eigenvalue weighted by molar-refractivity contribution is 7.25. The van der Waals surface area contributed by atoms with E-state index in [4.69, 9.17) is 21.2 Å². The standard InChI is InChI=1S/C51H29N3O2S/c1-3-12-30(13-4-1)49-52-50(31-14-5-2-6-15-31)54-51(53-49)33-23-25-38-37-24-22-32(28-45(37)57-46(38)29-33)41-26-34(27-44-47(41)40-17-8-10-21-43(40)55-44)35-18-11-19-39-36-16-7-9-20-42(36)56-48(35)39/h1-29H/i1D,2D,3D,4D,5D,6D,12D,13D,14D. The number of benzene rings is 8. The van der Waals surface area contributed by atoms with Gasteiger partial charge in [-0.05, 0) is 53.1 Å². The molecule has 4 heterocycles. The Hall–Kier alpha value is -7.41. The summed E-state index contributed by atoms with van der Waals surface area (Å²) in [5.41, 5.74) is 7.27. The number of aromatic nitrogens is 3. The van der Waals surface area contributed by atoms with Gasteiger partial charge in [-0.3, -0.25) is 0 Å². The van der Waals surface area contributed by atoms with Crippen LogP contribution in [0.5, 0.6) is 0 Å². The molecule has 0 atom stereocenters. The fourth-order valence-electron chi connectivity index (χ4n) is 7.79. The van der Waals surface area contributed by atoms with Crippen molar-refractivity contribution in [2.45, 2.75) is 0 Å². The second-order valence-corrected chi connectivity index (χ2v) is 14.8. The van der Waals surface area contributed by atoms with Gasteiger partial charge in [0.05, 0.1) is 12.3 Å². The molecule has 57 heavy (non-hydrogen) atoms. The summed E-state index contributed by atoms with van der Waals surface area (Å²) in [6.45, 7) is 0. The molecule has 12 rings (SSSR count). The largest absolute Gasteiger partial charge is 0.456 e. The minimum atomic E-state index is -0.575. The van der Waals surface area contributed by atoms with Gasteiger partial charge in [0, 0.05) is 64.0 Å². The molecular formula is C51H29N3O2S. The molecule has 0 radical (unpaired) electrons. The van der Waals surface area contributed by atoms with Gasteiger partial charge in [-0.15, -0.1) is 11.3 Å². The number of para-hydroxylation sites is 3. The highest BCUT2D eigenvalue weighted by Crippen LogP contribution is 2.45. The monoisotopic (exact) mass is 756 g/mol. The topological polar surface area (TPSA) is 65.0 Å². The summed E-state index contributed by atoms with van der Waals surface area (Å²) in [5, 5.41) is 6.09. The molecule has 0 N–H and O–H groups in total. The number of hydrogen-bond acceptors (Lipinski definition) is 6. The van der Waals surface area contributed by atoms with Crippen molar-refractivity contribution in [3.05, 3.63) is 176 Å². The number of hydrogen-bond donors (Lipinski definition) is 0. The molecule has 0 aliphatic rings. The zero-order valence-corrected chi connectivity index (χ0v) is 30.4. The summed E-state index contributed by atoms with van der Waals surface area (Å²) < 4.78 is 90.5. The first-order valence-corrected chi connectivity index (χ1v) is 19.0. The molecule has 0 spiro atoms. The molecule has 4 aromatic heterocycles. The lowest BCUT2D eigenvalue weighted by molar-refractivity contribution is 0.668. The third kappa shape index (κ3) is 5.19. The molecule has 0 bridgehead atoms. The maximum absolute atomic E-state index is 8.69. The second-order valence-electron chi connectivity index (χ2n) is 13.7. The molecule has 0 fully saturated rings. The van der Waals surface area contributed by atoms with E-state index in [1.165, 1.54) is 6.07 Å². The molecule has 0 aliphatic heterocycles. The van der Waals surface area contributed by atoms with E-state index in [1.807, 2.05) is 54.6 Å². The van der Waals surface area contributed by atoms with Crippen LogP contribution in [0, 0.1) is 0 Å². The molecular weight excluding hydrogens is 719 g/mol. The van der Waals surface area contributed by atoms with E-state index in [9.17, 15) is 0 Å². The maximum atomic E-state index is 8.69. The predicted molar refractivity (Wildman–Crippen MR) is 234 cm³/mol. The first-order chi connectivity index (χ1) is 31.9. The number of furan rings is 2. The summed E-state index contributed by atoms with van der Waals surface area (Å²) >= 11 is 1.57. The molecule has 0 unspecified atom stereocenters. The zero-order chi connectivity index (χ0) is 45.3. The quantitative estimate of drug-likeness (QED) is 0.175. The number of thiophene rings is 1. The Morgan fingerprint density at radius 1 is 0.404 bits per heavy atom. The van der Waals surface area contributed by atoms with Crippen LogP contribution in [-0.4, -0.2) is 15.0 Å². The van der Waals surface area contributed by atoms with Crippen LogP contribution in [0.15, 0.2) is 185 Å². The third-order valence-electron chi connectivity index (χ3n) is 10.4. The van der Waals surface area contributed by atoms with Crippen LogP contribution in [0.2, 0.25) is 0 Å². The van der Waals surface area contributed by atoms with E-state index >= 15 is 0 Å². The lowest BCUT2D eigenvalue weighted by Crippen LogP contribution is -1.99. The van der Waals surface area contributed by atoms with Crippen molar-refractivity contribution in [2.24, 2.45) is 0 Å². The van der Waals surface area contributed by atoms with Crippen LogP contribution in [-0.2, 0) is 0 Å². The average molecular weight is 757 g/mol. The van der Waals surface area contributed by atoms with Gasteiger partial charge in [0.25, 0.3) is 0 Å². The van der Waals surface area contributed by atoms with Gasteiger partial charge in [0.1, 0.15) is 22.3 Å². The first kappa shape index (κ1) is 24.2. The van der Waals surface area contributed by atoms with Gasteiger partial charge in [-0.2, -0.15) is 0 Å². The molecule has 266 valence electrons. The first-order valence-electron chi connectivity index (χ1n) is 22.7. The van der Waals surface area contributed by atoms with Crippen molar-refractivity contribution >= 4 is 75.4 Å². The summed E-state index contributed by atoms with van der Waals surface area (Å²) in [4.78, 5) is 13.8.